The van der Waals surface area contributed by atoms with E-state index >= 15 is 0 Å². The molecule has 0 saturated carbocycles. The molecular weight excluding hydrogens is 157 g/mol. The van der Waals surface area contributed by atoms with Crippen LogP contribution in [0, 0.1) is 0 Å². The van der Waals surface area contributed by atoms with Gasteiger partial charge in [-0.2, -0.15) is 0 Å². The van der Waals surface area contributed by atoms with Crippen LogP contribution in [0.1, 0.15) is 26.7 Å². The van der Waals surface area contributed by atoms with Crippen molar-refractivity contribution in [1.29, 1.82) is 0 Å². The molecule has 0 aromatic carbocycles. The first-order valence-electron chi connectivity index (χ1n) is 3.06. The summed E-state index contributed by atoms with van der Waals surface area (Å²) in [4.78, 5) is 0. The van der Waals surface area contributed by atoms with Crippen LogP contribution in [0.3, 0.4) is 0 Å². The second-order valence-corrected chi connectivity index (χ2v) is 2.68. The third kappa shape index (κ3) is 29.1. The van der Waals surface area contributed by atoms with Gasteiger partial charge in [0.15, 0.2) is 0 Å². The molecule has 0 bridgehead atoms. The van der Waals surface area contributed by atoms with Gasteiger partial charge in [0.1, 0.15) is 0 Å². The van der Waals surface area contributed by atoms with Crippen LogP contribution in [0.5, 0.6) is 0 Å². The van der Waals surface area contributed by atoms with Crippen molar-refractivity contribution in [3.05, 3.63) is 0 Å². The fourth-order valence-electron chi connectivity index (χ4n) is 0.455. The van der Waals surface area contributed by atoms with Gasteiger partial charge in [-0.25, -0.2) is 0 Å². The SMILES string of the molecule is CCCC(C)N.ClCCl. The number of halogens is 2. The van der Waals surface area contributed by atoms with E-state index in [0.717, 1.165) is 6.42 Å². The molecule has 0 rings (SSSR count). The Kier molecular flexibility index (Phi) is 15.4. The van der Waals surface area contributed by atoms with Crippen LogP contribution in [-0.4, -0.2) is 11.4 Å². The van der Waals surface area contributed by atoms with Crippen molar-refractivity contribution in [2.45, 2.75) is 32.7 Å². The lowest BCUT2D eigenvalue weighted by Crippen LogP contribution is -2.13. The van der Waals surface area contributed by atoms with E-state index in [1.165, 1.54) is 6.42 Å². The van der Waals surface area contributed by atoms with E-state index in [4.69, 9.17) is 28.9 Å². The topological polar surface area (TPSA) is 26.0 Å². The third-order valence-electron chi connectivity index (χ3n) is 0.744. The van der Waals surface area contributed by atoms with Gasteiger partial charge in [0.05, 0.1) is 5.34 Å². The lowest BCUT2D eigenvalue weighted by molar-refractivity contribution is 0.653. The zero-order valence-electron chi connectivity index (χ0n) is 6.03. The lowest BCUT2D eigenvalue weighted by atomic mass is 10.2. The summed E-state index contributed by atoms with van der Waals surface area (Å²) in [7, 11) is 0. The van der Waals surface area contributed by atoms with Gasteiger partial charge in [-0.05, 0) is 13.3 Å². The van der Waals surface area contributed by atoms with Gasteiger partial charge in [-0.1, -0.05) is 13.3 Å². The van der Waals surface area contributed by atoms with Crippen molar-refractivity contribution < 1.29 is 0 Å². The summed E-state index contributed by atoms with van der Waals surface area (Å²) >= 11 is 9.53. The summed E-state index contributed by atoms with van der Waals surface area (Å²) in [5.74, 6) is 0. The van der Waals surface area contributed by atoms with Crippen molar-refractivity contribution in [3.8, 4) is 0 Å². The van der Waals surface area contributed by atoms with Crippen LogP contribution in [0.25, 0.3) is 0 Å². The third-order valence-corrected chi connectivity index (χ3v) is 0.744. The van der Waals surface area contributed by atoms with Gasteiger partial charge in [-0.15, -0.1) is 23.2 Å². The Morgan fingerprint density at radius 1 is 1.44 bits per heavy atom. The molecule has 0 spiro atoms. The van der Waals surface area contributed by atoms with E-state index in [0.29, 0.717) is 6.04 Å². The molecule has 1 unspecified atom stereocenters. The molecule has 2 N–H and O–H groups in total. The standard InChI is InChI=1S/C5H13N.CH2Cl2/c1-3-4-5(2)6;2-1-3/h5H,3-4,6H2,1-2H3;1H2. The van der Waals surface area contributed by atoms with Crippen molar-refractivity contribution in [3.63, 3.8) is 0 Å². The van der Waals surface area contributed by atoms with Gasteiger partial charge in [0.2, 0.25) is 0 Å². The molecule has 0 saturated heterocycles. The molecule has 0 aliphatic carbocycles. The van der Waals surface area contributed by atoms with E-state index in [-0.39, 0.29) is 5.34 Å². The van der Waals surface area contributed by atoms with Crippen molar-refractivity contribution >= 4 is 23.2 Å². The van der Waals surface area contributed by atoms with Crippen LogP contribution in [0.15, 0.2) is 0 Å². The van der Waals surface area contributed by atoms with E-state index in [1.807, 2.05) is 6.92 Å². The monoisotopic (exact) mass is 171 g/mol. The molecule has 1 nitrogen and oxygen atoms in total. The minimum absolute atomic E-state index is 0.194. The quantitative estimate of drug-likeness (QED) is 0.636. The molecule has 0 aliphatic heterocycles. The predicted molar refractivity (Wildman–Crippen MR) is 45.1 cm³/mol. The molecule has 3 heteroatoms. The molecule has 0 fully saturated rings. The molecule has 0 radical (unpaired) electrons. The van der Waals surface area contributed by atoms with Gasteiger partial charge in [0, 0.05) is 6.04 Å². The van der Waals surface area contributed by atoms with E-state index < -0.39 is 0 Å². The maximum absolute atomic E-state index is 5.40. The first-order valence-corrected chi connectivity index (χ1v) is 4.13. The lowest BCUT2D eigenvalue weighted by Gasteiger charge is -1.96. The summed E-state index contributed by atoms with van der Waals surface area (Å²) < 4.78 is 0. The first kappa shape index (κ1) is 12.2. The number of nitrogens with two attached hydrogens (primary N) is 1. The average molecular weight is 172 g/mol. The molecule has 0 aromatic heterocycles. The molecule has 0 amide bonds. The zero-order chi connectivity index (χ0) is 7.70. The highest BCUT2D eigenvalue weighted by Gasteiger charge is 1.85. The van der Waals surface area contributed by atoms with Crippen LogP contribution in [-0.2, 0) is 0 Å². The Morgan fingerprint density at radius 2 is 1.78 bits per heavy atom. The minimum atomic E-state index is 0.194. The van der Waals surface area contributed by atoms with E-state index in [2.05, 4.69) is 6.92 Å². The van der Waals surface area contributed by atoms with Crippen molar-refractivity contribution in [1.82, 2.24) is 0 Å². The fourth-order valence-corrected chi connectivity index (χ4v) is 0.455. The van der Waals surface area contributed by atoms with Gasteiger partial charge in [0.25, 0.3) is 0 Å². The summed E-state index contributed by atoms with van der Waals surface area (Å²) in [6, 6.07) is 0.398. The maximum Gasteiger partial charge on any atom is 0.0967 e. The molecule has 58 valence electrons. The predicted octanol–water partition coefficient (Wildman–Crippen LogP) is 2.56. The minimum Gasteiger partial charge on any atom is -0.328 e. The van der Waals surface area contributed by atoms with Crippen LogP contribution >= 0.6 is 23.2 Å². The second-order valence-electron chi connectivity index (χ2n) is 1.87. The molecular formula is C6H15Cl2N. The maximum atomic E-state index is 5.40. The van der Waals surface area contributed by atoms with Gasteiger partial charge >= 0.3 is 0 Å². The van der Waals surface area contributed by atoms with Crippen molar-refractivity contribution in [2.75, 3.05) is 5.34 Å². The van der Waals surface area contributed by atoms with Crippen LogP contribution in [0.4, 0.5) is 0 Å². The number of rotatable bonds is 2. The number of alkyl halides is 2. The van der Waals surface area contributed by atoms with Crippen LogP contribution < -0.4 is 5.73 Å². The zero-order valence-corrected chi connectivity index (χ0v) is 7.54. The molecule has 0 aromatic rings. The Balaban J connectivity index is 0. The number of hydrogen-bond donors (Lipinski definition) is 1. The Hall–Kier alpha value is 0.540. The summed E-state index contributed by atoms with van der Waals surface area (Å²) in [6.45, 7) is 4.17. The fraction of sp³-hybridized carbons (Fsp3) is 1.00. The van der Waals surface area contributed by atoms with Crippen LogP contribution in [0.2, 0.25) is 0 Å². The van der Waals surface area contributed by atoms with Gasteiger partial charge in [-0.3, -0.25) is 0 Å². The average Bonchev–Trinajstić information content (AvgIpc) is 1.67. The highest BCUT2D eigenvalue weighted by atomic mass is 35.5. The largest absolute Gasteiger partial charge is 0.328 e. The Bertz CT molecular complexity index is 40.0. The highest BCUT2D eigenvalue weighted by Crippen LogP contribution is 1.88. The molecule has 1 atom stereocenters. The summed E-state index contributed by atoms with van der Waals surface area (Å²) in [6.07, 6.45) is 2.36. The molecule has 0 heterocycles. The Labute approximate surface area is 67.5 Å². The van der Waals surface area contributed by atoms with E-state index in [9.17, 15) is 0 Å². The second kappa shape index (κ2) is 11.4. The van der Waals surface area contributed by atoms with Crippen molar-refractivity contribution in [2.24, 2.45) is 5.73 Å². The smallest absolute Gasteiger partial charge is 0.0967 e. The summed E-state index contributed by atoms with van der Waals surface area (Å²) in [5, 5.41) is 0.194. The Morgan fingerprint density at radius 3 is 1.78 bits per heavy atom. The normalized spacial score (nSPS) is 11.7. The van der Waals surface area contributed by atoms with Gasteiger partial charge < -0.3 is 5.73 Å². The molecule has 9 heavy (non-hydrogen) atoms. The summed E-state index contributed by atoms with van der Waals surface area (Å²) in [5.41, 5.74) is 5.40. The number of hydrogen-bond acceptors (Lipinski definition) is 1. The van der Waals surface area contributed by atoms with E-state index in [1.54, 1.807) is 0 Å². The molecule has 0 aliphatic rings. The highest BCUT2D eigenvalue weighted by molar-refractivity contribution is 6.40. The first-order chi connectivity index (χ1) is 4.18.